The normalized spacial score (nSPS) is 20.5. The van der Waals surface area contributed by atoms with Crippen LogP contribution in [0.15, 0.2) is 0 Å². The van der Waals surface area contributed by atoms with Crippen LogP contribution in [0.4, 0.5) is 0 Å². The van der Waals surface area contributed by atoms with E-state index in [0.717, 1.165) is 63.5 Å². The molecule has 7 heteroatoms. The number of carbonyl (C=O) groups is 1. The maximum absolute atomic E-state index is 13.2. The van der Waals surface area contributed by atoms with Crippen molar-refractivity contribution < 1.29 is 4.79 Å². The second kappa shape index (κ2) is 9.18. The molecule has 3 rings (SSSR count). The highest BCUT2D eigenvalue weighted by Gasteiger charge is 2.32. The minimum atomic E-state index is 0.136. The summed E-state index contributed by atoms with van der Waals surface area (Å²) in [6, 6.07) is 0.423. The van der Waals surface area contributed by atoms with Gasteiger partial charge in [0.15, 0.2) is 5.69 Å². The van der Waals surface area contributed by atoms with E-state index in [1.54, 1.807) is 0 Å². The highest BCUT2D eigenvalue weighted by Crippen LogP contribution is 2.27. The Balaban J connectivity index is 1.72. The Morgan fingerprint density at radius 2 is 2.04 bits per heavy atom. The molecule has 1 aliphatic heterocycles. The van der Waals surface area contributed by atoms with Crippen LogP contribution in [0.1, 0.15) is 48.9 Å². The fourth-order valence-corrected chi connectivity index (χ4v) is 5.45. The van der Waals surface area contributed by atoms with Gasteiger partial charge in [0.05, 0.1) is 0 Å². The number of fused-ring (bicyclic) bond motifs is 1. The third kappa shape index (κ3) is 5.10. The van der Waals surface area contributed by atoms with Gasteiger partial charge in [0.2, 0.25) is 0 Å². The summed E-state index contributed by atoms with van der Waals surface area (Å²) in [6.45, 7) is 11.3. The topological polar surface area (TPSA) is 53.4 Å². The number of nitrogens with one attached hydrogen (secondary N) is 1. The Morgan fingerprint density at radius 3 is 2.68 bits per heavy atom. The van der Waals surface area contributed by atoms with Crippen molar-refractivity contribution in [3.63, 3.8) is 0 Å². The maximum atomic E-state index is 13.2. The highest BCUT2D eigenvalue weighted by molar-refractivity contribution is 7.99. The van der Waals surface area contributed by atoms with E-state index < -0.39 is 0 Å². The summed E-state index contributed by atoms with van der Waals surface area (Å²) < 4.78 is 2.06. The molecule has 1 amide bonds. The predicted molar refractivity (Wildman–Crippen MR) is 117 cm³/mol. The molecule has 158 valence electrons. The zero-order valence-electron chi connectivity index (χ0n) is 18.3. The zero-order chi connectivity index (χ0) is 20.3. The molecule has 1 N–H and O–H groups in total. The molecule has 1 aromatic heterocycles. The standard InChI is InChI=1S/C21H37N5OS/c1-6-26-18-8-7-16(22-14-21(2,3)15-24(4)5)13-17(18)19(23-26)20(27)25-9-11-28-12-10-25/h16,22H,6-15H2,1-5H3/t16-/m0/s1. The zero-order valence-corrected chi connectivity index (χ0v) is 19.1. The molecule has 1 fully saturated rings. The van der Waals surface area contributed by atoms with Gasteiger partial charge in [0, 0.05) is 61.5 Å². The van der Waals surface area contributed by atoms with Crippen molar-refractivity contribution in [1.82, 2.24) is 24.9 Å². The first kappa shape index (κ1) is 21.7. The van der Waals surface area contributed by atoms with Crippen molar-refractivity contribution in [1.29, 1.82) is 0 Å². The smallest absolute Gasteiger partial charge is 0.274 e. The van der Waals surface area contributed by atoms with Crippen LogP contribution in [0.3, 0.4) is 0 Å². The minimum Gasteiger partial charge on any atom is -0.336 e. The van der Waals surface area contributed by atoms with Crippen molar-refractivity contribution in [3.8, 4) is 0 Å². The second-order valence-corrected chi connectivity index (χ2v) is 10.4. The summed E-state index contributed by atoms with van der Waals surface area (Å²) in [7, 11) is 4.26. The largest absolute Gasteiger partial charge is 0.336 e. The van der Waals surface area contributed by atoms with E-state index in [9.17, 15) is 4.79 Å². The quantitative estimate of drug-likeness (QED) is 0.750. The van der Waals surface area contributed by atoms with Gasteiger partial charge < -0.3 is 15.1 Å². The summed E-state index contributed by atoms with van der Waals surface area (Å²) in [5.74, 6) is 2.21. The van der Waals surface area contributed by atoms with Gasteiger partial charge in [-0.15, -0.1) is 0 Å². The van der Waals surface area contributed by atoms with Gasteiger partial charge >= 0.3 is 0 Å². The van der Waals surface area contributed by atoms with Crippen LogP contribution in [0.2, 0.25) is 0 Å². The number of nitrogens with zero attached hydrogens (tertiary/aromatic N) is 4. The summed E-state index contributed by atoms with van der Waals surface area (Å²) in [5, 5.41) is 8.54. The van der Waals surface area contributed by atoms with E-state index in [4.69, 9.17) is 5.10 Å². The molecule has 0 radical (unpaired) electrons. The molecule has 0 spiro atoms. The monoisotopic (exact) mass is 407 g/mol. The number of hydrogen-bond donors (Lipinski definition) is 1. The van der Waals surface area contributed by atoms with Crippen molar-refractivity contribution in [3.05, 3.63) is 17.0 Å². The van der Waals surface area contributed by atoms with Crippen molar-refractivity contribution in [2.24, 2.45) is 5.41 Å². The van der Waals surface area contributed by atoms with E-state index in [-0.39, 0.29) is 11.3 Å². The van der Waals surface area contributed by atoms with Gasteiger partial charge in [-0.05, 0) is 45.7 Å². The Labute approximate surface area is 174 Å². The lowest BCUT2D eigenvalue weighted by atomic mass is 9.88. The molecule has 1 aliphatic carbocycles. The van der Waals surface area contributed by atoms with Gasteiger partial charge in [-0.2, -0.15) is 16.9 Å². The molecule has 0 unspecified atom stereocenters. The van der Waals surface area contributed by atoms with Crippen LogP contribution in [0.25, 0.3) is 0 Å². The van der Waals surface area contributed by atoms with Crippen LogP contribution < -0.4 is 5.32 Å². The first-order valence-electron chi connectivity index (χ1n) is 10.6. The average Bonchev–Trinajstić information content (AvgIpc) is 3.03. The summed E-state index contributed by atoms with van der Waals surface area (Å²) in [4.78, 5) is 17.4. The molecular weight excluding hydrogens is 370 g/mol. The molecule has 0 saturated carbocycles. The van der Waals surface area contributed by atoms with Gasteiger partial charge in [-0.1, -0.05) is 13.8 Å². The lowest BCUT2D eigenvalue weighted by Gasteiger charge is -2.32. The fraction of sp³-hybridized carbons (Fsp3) is 0.810. The molecule has 1 saturated heterocycles. The van der Waals surface area contributed by atoms with Crippen molar-refractivity contribution in [2.45, 2.75) is 52.6 Å². The van der Waals surface area contributed by atoms with E-state index in [1.165, 1.54) is 11.3 Å². The van der Waals surface area contributed by atoms with Crippen LogP contribution >= 0.6 is 11.8 Å². The van der Waals surface area contributed by atoms with Gasteiger partial charge in [-0.25, -0.2) is 0 Å². The van der Waals surface area contributed by atoms with Crippen LogP contribution in [-0.4, -0.2) is 83.3 Å². The van der Waals surface area contributed by atoms with E-state index in [0.29, 0.717) is 11.7 Å². The number of aromatic nitrogens is 2. The fourth-order valence-electron chi connectivity index (χ4n) is 4.54. The molecule has 1 atom stereocenters. The van der Waals surface area contributed by atoms with Gasteiger partial charge in [0.25, 0.3) is 5.91 Å². The number of aryl methyl sites for hydroxylation is 1. The summed E-state index contributed by atoms with van der Waals surface area (Å²) in [6.07, 6.45) is 3.03. The highest BCUT2D eigenvalue weighted by atomic mass is 32.2. The second-order valence-electron chi connectivity index (χ2n) is 9.22. The molecule has 0 bridgehead atoms. The van der Waals surface area contributed by atoms with Crippen LogP contribution in [0, 0.1) is 5.41 Å². The number of rotatable bonds is 7. The molecule has 2 aliphatic rings. The Kier molecular flexibility index (Phi) is 7.10. The number of thioether (sulfide) groups is 1. The third-order valence-electron chi connectivity index (χ3n) is 5.76. The maximum Gasteiger partial charge on any atom is 0.274 e. The lowest BCUT2D eigenvalue weighted by molar-refractivity contribution is 0.0764. The van der Waals surface area contributed by atoms with Crippen molar-refractivity contribution in [2.75, 3.05) is 51.8 Å². The first-order valence-corrected chi connectivity index (χ1v) is 11.8. The molecule has 0 aromatic carbocycles. The Morgan fingerprint density at radius 1 is 1.32 bits per heavy atom. The van der Waals surface area contributed by atoms with E-state index in [1.807, 2.05) is 16.7 Å². The number of hydrogen-bond acceptors (Lipinski definition) is 5. The lowest BCUT2D eigenvalue weighted by Crippen LogP contribution is -2.44. The SMILES string of the molecule is CCn1nc(C(=O)N2CCSCC2)c2c1CC[C@H](NCC(C)(C)CN(C)C)C2. The molecular formula is C21H37N5OS. The predicted octanol–water partition coefficient (Wildman–Crippen LogP) is 2.13. The van der Waals surface area contributed by atoms with E-state index >= 15 is 0 Å². The summed E-state index contributed by atoms with van der Waals surface area (Å²) in [5.41, 5.74) is 3.41. The minimum absolute atomic E-state index is 0.136. The molecule has 28 heavy (non-hydrogen) atoms. The third-order valence-corrected chi connectivity index (χ3v) is 6.70. The van der Waals surface area contributed by atoms with Crippen LogP contribution in [-0.2, 0) is 19.4 Å². The average molecular weight is 408 g/mol. The first-order chi connectivity index (χ1) is 13.3. The molecule has 2 heterocycles. The van der Waals surface area contributed by atoms with Gasteiger partial charge in [-0.3, -0.25) is 9.48 Å². The van der Waals surface area contributed by atoms with Crippen molar-refractivity contribution >= 4 is 17.7 Å². The molecule has 1 aromatic rings. The number of carbonyl (C=O) groups excluding carboxylic acids is 1. The van der Waals surface area contributed by atoms with Gasteiger partial charge in [0.1, 0.15) is 0 Å². The molecule has 6 nitrogen and oxygen atoms in total. The Bertz CT molecular complexity index is 679. The van der Waals surface area contributed by atoms with Crippen LogP contribution in [0.5, 0.6) is 0 Å². The Hall–Kier alpha value is -1.05. The number of amides is 1. The van der Waals surface area contributed by atoms with E-state index in [2.05, 4.69) is 49.8 Å². The summed E-state index contributed by atoms with van der Waals surface area (Å²) >= 11 is 1.93.